The second-order valence-electron chi connectivity index (χ2n) is 5.52. The first-order valence-electron chi connectivity index (χ1n) is 9.13. The van der Waals surface area contributed by atoms with Crippen molar-refractivity contribution in [3.63, 3.8) is 0 Å². The minimum Gasteiger partial charge on any atom is -0.490 e. The summed E-state index contributed by atoms with van der Waals surface area (Å²) < 4.78 is 20.8. The molecule has 1 aromatic rings. The molecule has 0 aliphatic rings. The van der Waals surface area contributed by atoms with Crippen molar-refractivity contribution in [2.24, 2.45) is 0 Å². The Labute approximate surface area is 159 Å². The minimum absolute atomic E-state index is 0.125. The summed E-state index contributed by atoms with van der Waals surface area (Å²) in [5.41, 5.74) is 0.743. The zero-order chi connectivity index (χ0) is 20.2. The quantitative estimate of drug-likeness (QED) is 0.564. The molecule has 0 saturated heterocycles. The molecule has 0 fully saturated rings. The molecule has 0 radical (unpaired) electrons. The molecule has 1 amide bonds. The number of aliphatic hydroxyl groups excluding tert-OH is 1. The Kier molecular flexibility index (Phi) is 10.0. The van der Waals surface area contributed by atoms with E-state index in [0.717, 1.165) is 5.56 Å². The highest BCUT2D eigenvalue weighted by Gasteiger charge is 2.29. The van der Waals surface area contributed by atoms with E-state index in [1.165, 1.54) is 0 Å². The van der Waals surface area contributed by atoms with Gasteiger partial charge in [-0.05, 0) is 51.8 Å². The van der Waals surface area contributed by atoms with E-state index in [0.29, 0.717) is 24.7 Å². The van der Waals surface area contributed by atoms with Gasteiger partial charge in [-0.1, -0.05) is 6.07 Å². The van der Waals surface area contributed by atoms with Gasteiger partial charge >= 0.3 is 12.1 Å². The van der Waals surface area contributed by atoms with E-state index in [-0.39, 0.29) is 19.6 Å². The predicted octanol–water partition coefficient (Wildman–Crippen LogP) is 2.07. The lowest BCUT2D eigenvalue weighted by Crippen LogP contribution is -2.49. The largest absolute Gasteiger partial charge is 0.490 e. The van der Waals surface area contributed by atoms with Crippen molar-refractivity contribution in [1.82, 2.24) is 5.32 Å². The second-order valence-corrected chi connectivity index (χ2v) is 5.52. The van der Waals surface area contributed by atoms with Crippen LogP contribution in [-0.4, -0.2) is 55.7 Å². The lowest BCUT2D eigenvalue weighted by molar-refractivity contribution is -0.154. The lowest BCUT2D eigenvalue weighted by atomic mass is 10.0. The van der Waals surface area contributed by atoms with Crippen LogP contribution >= 0.6 is 0 Å². The summed E-state index contributed by atoms with van der Waals surface area (Å²) in [5.74, 6) is 0.344. The highest BCUT2D eigenvalue weighted by atomic mass is 16.6. The fraction of sp³-hybridized carbons (Fsp3) is 0.579. The molecule has 0 saturated carbocycles. The number of ether oxygens (including phenoxy) is 4. The van der Waals surface area contributed by atoms with E-state index in [2.05, 4.69) is 5.32 Å². The molecule has 8 heteroatoms. The number of nitrogens with one attached hydrogen (secondary N) is 1. The number of alkyl carbamates (subject to hydrolysis) is 1. The minimum atomic E-state index is -1.53. The zero-order valence-corrected chi connectivity index (χ0v) is 16.3. The van der Waals surface area contributed by atoms with Crippen molar-refractivity contribution < 1.29 is 33.6 Å². The average Bonchev–Trinajstić information content (AvgIpc) is 2.63. The Bertz CT molecular complexity index is 606. The van der Waals surface area contributed by atoms with Crippen LogP contribution in [0.4, 0.5) is 4.79 Å². The number of hydrogen-bond acceptors (Lipinski definition) is 7. The summed E-state index contributed by atoms with van der Waals surface area (Å²) in [6.45, 7) is 8.28. The number of carbonyl (C=O) groups is 2. The van der Waals surface area contributed by atoms with E-state index in [9.17, 15) is 14.7 Å². The van der Waals surface area contributed by atoms with Crippen molar-refractivity contribution in [2.75, 3.05) is 26.4 Å². The molecule has 2 atom stereocenters. The normalized spacial score (nSPS) is 12.6. The van der Waals surface area contributed by atoms with Crippen molar-refractivity contribution in [2.45, 2.75) is 46.3 Å². The van der Waals surface area contributed by atoms with Crippen LogP contribution in [0.5, 0.6) is 11.5 Å². The summed E-state index contributed by atoms with van der Waals surface area (Å²) in [5, 5.41) is 12.8. The first-order valence-corrected chi connectivity index (χ1v) is 9.13. The smallest absolute Gasteiger partial charge is 0.407 e. The fourth-order valence-corrected chi connectivity index (χ4v) is 2.43. The van der Waals surface area contributed by atoms with Gasteiger partial charge in [0.25, 0.3) is 0 Å². The van der Waals surface area contributed by atoms with Crippen LogP contribution in [-0.2, 0) is 20.7 Å². The van der Waals surface area contributed by atoms with Crippen LogP contribution < -0.4 is 14.8 Å². The van der Waals surface area contributed by atoms with Crippen molar-refractivity contribution in [1.29, 1.82) is 0 Å². The SMILES string of the molecule is CCOC(=O)NC(Cc1ccc(OCC)c(OCC)c1)C(O)C(=O)OCC. The third-order valence-corrected chi connectivity index (χ3v) is 3.55. The van der Waals surface area contributed by atoms with Crippen LogP contribution in [0.25, 0.3) is 0 Å². The molecule has 0 heterocycles. The number of amides is 1. The third-order valence-electron chi connectivity index (χ3n) is 3.55. The number of hydrogen-bond donors (Lipinski definition) is 2. The lowest BCUT2D eigenvalue weighted by Gasteiger charge is -2.23. The van der Waals surface area contributed by atoms with Crippen molar-refractivity contribution in [3.05, 3.63) is 23.8 Å². The molecule has 0 spiro atoms. The fourth-order valence-electron chi connectivity index (χ4n) is 2.43. The van der Waals surface area contributed by atoms with Gasteiger partial charge in [-0.25, -0.2) is 9.59 Å². The second kappa shape index (κ2) is 12.0. The van der Waals surface area contributed by atoms with Crippen molar-refractivity contribution in [3.8, 4) is 11.5 Å². The topological polar surface area (TPSA) is 103 Å². The molecule has 8 nitrogen and oxygen atoms in total. The first-order chi connectivity index (χ1) is 13.0. The number of benzene rings is 1. The maximum absolute atomic E-state index is 11.9. The molecule has 2 unspecified atom stereocenters. The van der Waals surface area contributed by atoms with Gasteiger partial charge in [-0.15, -0.1) is 0 Å². The summed E-state index contributed by atoms with van der Waals surface area (Å²) >= 11 is 0. The highest BCUT2D eigenvalue weighted by Crippen LogP contribution is 2.29. The molecule has 0 bridgehead atoms. The summed E-state index contributed by atoms with van der Waals surface area (Å²) in [6.07, 6.45) is -2.08. The third kappa shape index (κ3) is 7.34. The molecule has 0 aromatic heterocycles. The van der Waals surface area contributed by atoms with E-state index >= 15 is 0 Å². The summed E-state index contributed by atoms with van der Waals surface area (Å²) in [4.78, 5) is 23.7. The predicted molar refractivity (Wildman–Crippen MR) is 99.1 cm³/mol. The Morgan fingerprint density at radius 2 is 1.59 bits per heavy atom. The standard InChI is InChI=1S/C19H29NO7/c1-5-24-15-10-9-13(12-16(15)25-6-2)11-14(20-19(23)27-8-4)17(21)18(22)26-7-3/h9-10,12,14,17,21H,5-8,11H2,1-4H3,(H,20,23). The number of aliphatic hydroxyl groups is 1. The van der Waals surface area contributed by atoms with Gasteiger partial charge in [0, 0.05) is 0 Å². The van der Waals surface area contributed by atoms with E-state index in [1.807, 2.05) is 13.8 Å². The zero-order valence-electron chi connectivity index (χ0n) is 16.3. The highest BCUT2D eigenvalue weighted by molar-refractivity contribution is 5.77. The van der Waals surface area contributed by atoms with Crippen LogP contribution in [0.1, 0.15) is 33.3 Å². The monoisotopic (exact) mass is 383 g/mol. The van der Waals surface area contributed by atoms with E-state index in [4.69, 9.17) is 18.9 Å². The van der Waals surface area contributed by atoms with Gasteiger partial charge in [0.1, 0.15) is 0 Å². The van der Waals surface area contributed by atoms with Gasteiger partial charge in [-0.3, -0.25) is 0 Å². The molecule has 0 aliphatic heterocycles. The van der Waals surface area contributed by atoms with Crippen LogP contribution in [0.15, 0.2) is 18.2 Å². The molecule has 2 N–H and O–H groups in total. The van der Waals surface area contributed by atoms with Gasteiger partial charge < -0.3 is 29.4 Å². The van der Waals surface area contributed by atoms with Crippen LogP contribution in [0, 0.1) is 0 Å². The maximum Gasteiger partial charge on any atom is 0.407 e. The molecular weight excluding hydrogens is 354 g/mol. The van der Waals surface area contributed by atoms with Crippen molar-refractivity contribution >= 4 is 12.1 Å². The summed E-state index contributed by atoms with van der Waals surface area (Å²) in [6, 6.07) is 4.37. The van der Waals surface area contributed by atoms with Crippen LogP contribution in [0.2, 0.25) is 0 Å². The van der Waals surface area contributed by atoms with Gasteiger partial charge in [0.15, 0.2) is 17.6 Å². The molecule has 1 aromatic carbocycles. The van der Waals surface area contributed by atoms with E-state index in [1.54, 1.807) is 32.0 Å². The Morgan fingerprint density at radius 3 is 2.19 bits per heavy atom. The Morgan fingerprint density at radius 1 is 0.963 bits per heavy atom. The Balaban J connectivity index is 3.03. The molecule has 152 valence electrons. The first kappa shape index (κ1) is 22.6. The average molecular weight is 383 g/mol. The van der Waals surface area contributed by atoms with Gasteiger partial charge in [-0.2, -0.15) is 0 Å². The van der Waals surface area contributed by atoms with Gasteiger partial charge in [0.2, 0.25) is 0 Å². The van der Waals surface area contributed by atoms with Crippen LogP contribution in [0.3, 0.4) is 0 Å². The number of carbonyl (C=O) groups excluding carboxylic acids is 2. The maximum atomic E-state index is 11.9. The molecule has 27 heavy (non-hydrogen) atoms. The number of rotatable bonds is 11. The summed E-state index contributed by atoms with van der Waals surface area (Å²) in [7, 11) is 0. The molecule has 0 aliphatic carbocycles. The Hall–Kier alpha value is -2.48. The van der Waals surface area contributed by atoms with E-state index < -0.39 is 24.2 Å². The molecular formula is C19H29NO7. The number of esters is 1. The molecule has 1 rings (SSSR count). The van der Waals surface area contributed by atoms with Gasteiger partial charge in [0.05, 0.1) is 32.5 Å².